The molecule has 0 fully saturated rings. The van der Waals surface area contributed by atoms with Crippen molar-refractivity contribution in [3.05, 3.63) is 23.0 Å². The van der Waals surface area contributed by atoms with Crippen LogP contribution >= 0.6 is 0 Å². The normalized spacial score (nSPS) is 10.2. The van der Waals surface area contributed by atoms with E-state index in [0.29, 0.717) is 23.6 Å². The number of aromatic nitrogens is 1. The van der Waals surface area contributed by atoms with E-state index in [1.165, 1.54) is 6.92 Å². The molecule has 110 valence electrons. The van der Waals surface area contributed by atoms with Crippen molar-refractivity contribution in [3.8, 4) is 5.75 Å². The summed E-state index contributed by atoms with van der Waals surface area (Å²) >= 11 is 0. The van der Waals surface area contributed by atoms with Gasteiger partial charge in [-0.15, -0.1) is 0 Å². The Morgan fingerprint density at radius 3 is 2.55 bits per heavy atom. The van der Waals surface area contributed by atoms with E-state index in [2.05, 4.69) is 4.98 Å². The summed E-state index contributed by atoms with van der Waals surface area (Å²) in [6.07, 6.45) is 1.88. The van der Waals surface area contributed by atoms with Crippen LogP contribution in [0.3, 0.4) is 0 Å². The van der Waals surface area contributed by atoms with Gasteiger partial charge in [-0.2, -0.15) is 0 Å². The lowest BCUT2D eigenvalue weighted by Gasteiger charge is -2.15. The molecule has 0 aliphatic rings. The maximum atomic E-state index is 11.5. The molecular formula is C14H19NO5. The second-order valence-electron chi connectivity index (χ2n) is 4.22. The Bertz CT molecular complexity index is 499. The van der Waals surface area contributed by atoms with Crippen LogP contribution in [0, 0.1) is 6.92 Å². The molecule has 0 amide bonds. The van der Waals surface area contributed by atoms with Gasteiger partial charge in [0.15, 0.2) is 5.75 Å². The molecule has 0 saturated carbocycles. The molecule has 20 heavy (non-hydrogen) atoms. The Labute approximate surface area is 118 Å². The fraction of sp³-hybridized carbons (Fsp3) is 0.500. The largest absolute Gasteiger partial charge is 0.461 e. The van der Waals surface area contributed by atoms with Crippen molar-refractivity contribution in [3.63, 3.8) is 0 Å². The van der Waals surface area contributed by atoms with Crippen molar-refractivity contribution in [2.45, 2.75) is 40.4 Å². The fourth-order valence-electron chi connectivity index (χ4n) is 1.61. The third-order valence-corrected chi connectivity index (χ3v) is 2.63. The van der Waals surface area contributed by atoms with Gasteiger partial charge in [0.05, 0.1) is 12.3 Å². The molecule has 0 bridgehead atoms. The predicted octanol–water partition coefficient (Wildman–Crippen LogP) is 1.91. The summed E-state index contributed by atoms with van der Waals surface area (Å²) in [6, 6.07) is 0. The Balaban J connectivity index is 3.17. The first kappa shape index (κ1) is 16.1. The molecule has 0 saturated heterocycles. The molecule has 1 aromatic heterocycles. The van der Waals surface area contributed by atoms with Crippen molar-refractivity contribution in [2.24, 2.45) is 0 Å². The first-order chi connectivity index (χ1) is 9.49. The van der Waals surface area contributed by atoms with Crippen LogP contribution in [0.1, 0.15) is 37.1 Å². The van der Waals surface area contributed by atoms with E-state index in [-0.39, 0.29) is 19.0 Å². The van der Waals surface area contributed by atoms with Crippen molar-refractivity contribution < 1.29 is 23.8 Å². The molecule has 0 N–H and O–H groups in total. The van der Waals surface area contributed by atoms with E-state index in [0.717, 1.165) is 5.56 Å². The second-order valence-corrected chi connectivity index (χ2v) is 4.22. The van der Waals surface area contributed by atoms with Gasteiger partial charge in [0, 0.05) is 37.8 Å². The number of rotatable bonds is 6. The molecule has 1 rings (SSSR count). The van der Waals surface area contributed by atoms with E-state index in [1.807, 2.05) is 0 Å². The molecule has 6 heteroatoms. The van der Waals surface area contributed by atoms with Crippen LogP contribution < -0.4 is 4.74 Å². The van der Waals surface area contributed by atoms with Crippen LogP contribution in [0.15, 0.2) is 6.20 Å². The fourth-order valence-corrected chi connectivity index (χ4v) is 1.61. The molecule has 0 unspecified atom stereocenters. The number of carbonyl (C=O) groups is 2. The van der Waals surface area contributed by atoms with Gasteiger partial charge in [-0.1, -0.05) is 6.92 Å². The lowest BCUT2D eigenvalue weighted by atomic mass is 10.1. The minimum Gasteiger partial charge on any atom is -0.461 e. The average molecular weight is 281 g/mol. The number of aryl methyl sites for hydroxylation is 1. The zero-order chi connectivity index (χ0) is 15.1. The Hall–Kier alpha value is -1.95. The van der Waals surface area contributed by atoms with Gasteiger partial charge in [-0.3, -0.25) is 14.6 Å². The summed E-state index contributed by atoms with van der Waals surface area (Å²) in [7, 11) is 1.55. The third-order valence-electron chi connectivity index (χ3n) is 2.63. The maximum absolute atomic E-state index is 11.5. The number of ether oxygens (including phenoxy) is 3. The zero-order valence-corrected chi connectivity index (χ0v) is 12.2. The standard InChI is InChI=1S/C14H19NO5/c1-5-13(17)20-14-9(2)15-6-11(7-18-4)12(14)8-19-10(3)16/h6H,5,7-8H2,1-4H3. The topological polar surface area (TPSA) is 74.7 Å². The number of carbonyl (C=O) groups excluding carboxylic acids is 2. The molecule has 6 nitrogen and oxygen atoms in total. The molecule has 0 aliphatic carbocycles. The van der Waals surface area contributed by atoms with E-state index < -0.39 is 5.97 Å². The molecule has 1 heterocycles. The number of hydrogen-bond donors (Lipinski definition) is 0. The summed E-state index contributed by atoms with van der Waals surface area (Å²) in [6.45, 7) is 5.06. The van der Waals surface area contributed by atoms with Gasteiger partial charge in [-0.25, -0.2) is 0 Å². The van der Waals surface area contributed by atoms with Gasteiger partial charge in [0.25, 0.3) is 0 Å². The molecule has 0 spiro atoms. The monoisotopic (exact) mass is 281 g/mol. The number of hydrogen-bond acceptors (Lipinski definition) is 6. The quantitative estimate of drug-likeness (QED) is 0.741. The van der Waals surface area contributed by atoms with Crippen molar-refractivity contribution in [1.82, 2.24) is 4.98 Å². The highest BCUT2D eigenvalue weighted by Gasteiger charge is 2.17. The average Bonchev–Trinajstić information content (AvgIpc) is 2.41. The summed E-state index contributed by atoms with van der Waals surface area (Å²) in [5, 5.41) is 0. The van der Waals surface area contributed by atoms with Crippen LogP contribution in [-0.4, -0.2) is 24.0 Å². The smallest absolute Gasteiger partial charge is 0.310 e. The van der Waals surface area contributed by atoms with Crippen molar-refractivity contribution in [2.75, 3.05) is 7.11 Å². The molecular weight excluding hydrogens is 262 g/mol. The van der Waals surface area contributed by atoms with E-state index >= 15 is 0 Å². The second kappa shape index (κ2) is 7.59. The maximum Gasteiger partial charge on any atom is 0.310 e. The van der Waals surface area contributed by atoms with Crippen LogP contribution in [0.2, 0.25) is 0 Å². The van der Waals surface area contributed by atoms with Crippen LogP contribution in [-0.2, 0) is 32.3 Å². The Morgan fingerprint density at radius 1 is 1.30 bits per heavy atom. The van der Waals surface area contributed by atoms with Crippen LogP contribution in [0.5, 0.6) is 5.75 Å². The van der Waals surface area contributed by atoms with Gasteiger partial charge < -0.3 is 14.2 Å². The number of esters is 2. The highest BCUT2D eigenvalue weighted by Crippen LogP contribution is 2.27. The zero-order valence-electron chi connectivity index (χ0n) is 12.2. The van der Waals surface area contributed by atoms with Gasteiger partial charge in [0.2, 0.25) is 0 Å². The minimum absolute atomic E-state index is 0.0176. The highest BCUT2D eigenvalue weighted by atomic mass is 16.5. The van der Waals surface area contributed by atoms with Gasteiger partial charge in [-0.05, 0) is 6.92 Å². The molecule has 0 radical (unpaired) electrons. The number of pyridine rings is 1. The summed E-state index contributed by atoms with van der Waals surface area (Å²) in [5.41, 5.74) is 1.89. The lowest BCUT2D eigenvalue weighted by Crippen LogP contribution is -2.13. The van der Waals surface area contributed by atoms with E-state index in [1.54, 1.807) is 27.2 Å². The molecule has 0 aliphatic heterocycles. The predicted molar refractivity (Wildman–Crippen MR) is 71.1 cm³/mol. The van der Waals surface area contributed by atoms with E-state index in [4.69, 9.17) is 14.2 Å². The third kappa shape index (κ3) is 4.31. The molecule has 0 atom stereocenters. The SMILES string of the molecule is CCC(=O)Oc1c(C)ncc(COC)c1COC(C)=O. The van der Waals surface area contributed by atoms with Crippen molar-refractivity contribution in [1.29, 1.82) is 0 Å². The van der Waals surface area contributed by atoms with Crippen LogP contribution in [0.25, 0.3) is 0 Å². The molecule has 1 aromatic rings. The molecule has 0 aromatic carbocycles. The summed E-state index contributed by atoms with van der Waals surface area (Å²) < 4.78 is 15.4. The van der Waals surface area contributed by atoms with Gasteiger partial charge >= 0.3 is 11.9 Å². The van der Waals surface area contributed by atoms with E-state index in [9.17, 15) is 9.59 Å². The first-order valence-electron chi connectivity index (χ1n) is 6.29. The Kier molecular flexibility index (Phi) is 6.11. The van der Waals surface area contributed by atoms with Crippen LogP contribution in [0.4, 0.5) is 0 Å². The number of nitrogens with zero attached hydrogens (tertiary/aromatic N) is 1. The summed E-state index contributed by atoms with van der Waals surface area (Å²) in [4.78, 5) is 26.7. The highest BCUT2D eigenvalue weighted by molar-refractivity contribution is 5.73. The lowest BCUT2D eigenvalue weighted by molar-refractivity contribution is -0.142. The summed E-state index contributed by atoms with van der Waals surface area (Å²) in [5.74, 6) is -0.434. The number of methoxy groups -OCH3 is 1. The minimum atomic E-state index is -0.407. The van der Waals surface area contributed by atoms with Crippen molar-refractivity contribution >= 4 is 11.9 Å². The Morgan fingerprint density at radius 2 is 2.00 bits per heavy atom. The van der Waals surface area contributed by atoms with Gasteiger partial charge in [0.1, 0.15) is 6.61 Å². The first-order valence-corrected chi connectivity index (χ1v) is 6.29.